The lowest BCUT2D eigenvalue weighted by molar-refractivity contribution is 0.598. The summed E-state index contributed by atoms with van der Waals surface area (Å²) < 4.78 is 6.48. The van der Waals surface area contributed by atoms with Crippen molar-refractivity contribution in [1.82, 2.24) is 0 Å². The van der Waals surface area contributed by atoms with Gasteiger partial charge in [0.05, 0.1) is 5.69 Å². The average molecular weight is 313 g/mol. The Bertz CT molecular complexity index is 871. The lowest BCUT2D eigenvalue weighted by Gasteiger charge is -2.24. The first kappa shape index (κ1) is 14.9. The molecule has 0 atom stereocenters. The Labute approximate surface area is 143 Å². The molecule has 2 nitrogen and oxygen atoms in total. The van der Waals surface area contributed by atoms with E-state index in [0.717, 1.165) is 17.1 Å². The van der Waals surface area contributed by atoms with Gasteiger partial charge in [-0.05, 0) is 50.0 Å². The van der Waals surface area contributed by atoms with Crippen molar-refractivity contribution in [2.45, 2.75) is 20.8 Å². The highest BCUT2D eigenvalue weighted by atomic mass is 16.5. The Balaban J connectivity index is 1.93. The van der Waals surface area contributed by atoms with Crippen LogP contribution in [0.2, 0.25) is 0 Å². The molecule has 0 saturated heterocycles. The Morgan fingerprint density at radius 3 is 2.04 bits per heavy atom. The van der Waals surface area contributed by atoms with Gasteiger partial charge in [-0.2, -0.15) is 0 Å². The van der Waals surface area contributed by atoms with Gasteiger partial charge < -0.3 is 9.47 Å². The fourth-order valence-electron chi connectivity index (χ4n) is 3.54. The van der Waals surface area contributed by atoms with Crippen LogP contribution >= 0.6 is 0 Å². The topological polar surface area (TPSA) is 12.5 Å². The molecule has 4 rings (SSSR count). The third-order valence-corrected chi connectivity index (χ3v) is 4.74. The predicted molar refractivity (Wildman–Crippen MR) is 102 cm³/mol. The maximum absolute atomic E-state index is 6.48. The van der Waals surface area contributed by atoms with Gasteiger partial charge in [0.15, 0.2) is 0 Å². The molecule has 1 heterocycles. The second-order valence-electron chi connectivity index (χ2n) is 6.40. The van der Waals surface area contributed by atoms with E-state index in [1.807, 2.05) is 6.07 Å². The summed E-state index contributed by atoms with van der Waals surface area (Å²) in [6, 6.07) is 23.2. The maximum atomic E-state index is 6.48. The van der Waals surface area contributed by atoms with Crippen LogP contribution < -0.4 is 14.9 Å². The number of aryl methyl sites for hydroxylation is 3. The van der Waals surface area contributed by atoms with Crippen LogP contribution in [0.15, 0.2) is 66.7 Å². The first-order valence-corrected chi connectivity index (χ1v) is 8.33. The molecule has 0 spiro atoms. The predicted octanol–water partition coefficient (Wildman–Crippen LogP) is 4.54. The molecule has 3 aromatic rings. The van der Waals surface area contributed by atoms with E-state index in [9.17, 15) is 0 Å². The smallest absolute Gasteiger partial charge is 0.524 e. The molecule has 1 aliphatic rings. The third-order valence-electron chi connectivity index (χ3n) is 4.74. The highest BCUT2D eigenvalue weighted by Crippen LogP contribution is 2.42. The molecule has 24 heavy (non-hydrogen) atoms. The van der Waals surface area contributed by atoms with E-state index in [1.54, 1.807) is 0 Å². The van der Waals surface area contributed by atoms with Gasteiger partial charge in [-0.1, -0.05) is 59.7 Å². The van der Waals surface area contributed by atoms with E-state index >= 15 is 0 Å². The van der Waals surface area contributed by atoms with E-state index < -0.39 is 0 Å². The van der Waals surface area contributed by atoms with Gasteiger partial charge in [0.25, 0.3) is 0 Å². The molecule has 0 saturated carbocycles. The first-order valence-electron chi connectivity index (χ1n) is 8.33. The number of hydrogen-bond donors (Lipinski definition) is 0. The molecule has 0 amide bonds. The van der Waals surface area contributed by atoms with Gasteiger partial charge in [-0.15, -0.1) is 0 Å². The van der Waals surface area contributed by atoms with Crippen molar-refractivity contribution in [3.63, 3.8) is 0 Å². The normalized spacial score (nSPS) is 13.0. The minimum atomic E-state index is -0.135. The van der Waals surface area contributed by atoms with E-state index in [0.29, 0.717) is 0 Å². The van der Waals surface area contributed by atoms with Crippen molar-refractivity contribution < 1.29 is 4.65 Å². The van der Waals surface area contributed by atoms with Crippen molar-refractivity contribution in [2.75, 3.05) is 4.81 Å². The van der Waals surface area contributed by atoms with E-state index in [2.05, 4.69) is 86.2 Å². The molecule has 118 valence electrons. The van der Waals surface area contributed by atoms with Crippen LogP contribution in [0.4, 0.5) is 11.4 Å². The largest absolute Gasteiger partial charge is 0.536 e. The number of fused-ring (bicyclic) bond motifs is 1. The van der Waals surface area contributed by atoms with Crippen LogP contribution in [-0.4, -0.2) is 7.05 Å². The average Bonchev–Trinajstić information content (AvgIpc) is 2.96. The van der Waals surface area contributed by atoms with Crippen LogP contribution in [0.5, 0.6) is 5.75 Å². The fraction of sp³-hybridized carbons (Fsp3) is 0.143. The van der Waals surface area contributed by atoms with Crippen molar-refractivity contribution in [3.05, 3.63) is 83.4 Å². The summed E-state index contributed by atoms with van der Waals surface area (Å²) in [5.41, 5.74) is 7.21. The molecular weight excluding hydrogens is 293 g/mol. The monoisotopic (exact) mass is 313 g/mol. The van der Waals surface area contributed by atoms with Crippen LogP contribution in [0.1, 0.15) is 16.7 Å². The third kappa shape index (κ3) is 2.28. The van der Waals surface area contributed by atoms with Gasteiger partial charge >= 0.3 is 7.05 Å². The van der Waals surface area contributed by atoms with Crippen molar-refractivity contribution >= 4 is 23.9 Å². The van der Waals surface area contributed by atoms with Gasteiger partial charge in [-0.3, -0.25) is 0 Å². The highest BCUT2D eigenvalue weighted by molar-refractivity contribution is 6.75. The SMILES string of the molecule is Cc1cccc2c1OB(c1c(C)cccc1C)N2c1ccccc1. The molecular formula is C21H20BNO. The maximum Gasteiger partial charge on any atom is 0.524 e. The van der Waals surface area contributed by atoms with Crippen LogP contribution in [-0.2, 0) is 0 Å². The molecule has 0 radical (unpaired) electrons. The number of hydrogen-bond acceptors (Lipinski definition) is 2. The second kappa shape index (κ2) is 5.75. The summed E-state index contributed by atoms with van der Waals surface area (Å²) in [6.45, 7) is 6.42. The Morgan fingerprint density at radius 1 is 0.708 bits per heavy atom. The zero-order valence-corrected chi connectivity index (χ0v) is 14.3. The molecule has 0 N–H and O–H groups in total. The van der Waals surface area contributed by atoms with E-state index in [1.165, 1.54) is 22.2 Å². The lowest BCUT2D eigenvalue weighted by Crippen LogP contribution is -2.49. The molecule has 0 bridgehead atoms. The Morgan fingerprint density at radius 2 is 1.33 bits per heavy atom. The minimum absolute atomic E-state index is 0.135. The molecule has 0 aliphatic carbocycles. The summed E-state index contributed by atoms with van der Waals surface area (Å²) in [5, 5.41) is 0. The molecule has 0 aromatic heterocycles. The summed E-state index contributed by atoms with van der Waals surface area (Å²) in [5.74, 6) is 0.981. The quantitative estimate of drug-likeness (QED) is 0.644. The summed E-state index contributed by atoms with van der Waals surface area (Å²) >= 11 is 0. The molecule has 0 unspecified atom stereocenters. The van der Waals surface area contributed by atoms with Gasteiger partial charge in [-0.25, -0.2) is 0 Å². The second-order valence-corrected chi connectivity index (χ2v) is 6.40. The van der Waals surface area contributed by atoms with Crippen molar-refractivity contribution in [1.29, 1.82) is 0 Å². The molecule has 0 fully saturated rings. The standard InChI is InChI=1S/C21H20BNO/c1-15-9-7-10-16(2)20(15)22-23(18-12-5-4-6-13-18)19-14-8-11-17(3)21(19)24-22/h4-14H,1-3H3. The van der Waals surface area contributed by atoms with Crippen LogP contribution in [0.25, 0.3) is 0 Å². The highest BCUT2D eigenvalue weighted by Gasteiger charge is 2.41. The molecule has 3 aromatic carbocycles. The van der Waals surface area contributed by atoms with Gasteiger partial charge in [0.2, 0.25) is 0 Å². The van der Waals surface area contributed by atoms with Crippen molar-refractivity contribution in [3.8, 4) is 5.75 Å². The van der Waals surface area contributed by atoms with Crippen molar-refractivity contribution in [2.24, 2.45) is 0 Å². The van der Waals surface area contributed by atoms with Crippen LogP contribution in [0, 0.1) is 20.8 Å². The number of benzene rings is 3. The molecule has 1 aliphatic heterocycles. The number of para-hydroxylation sites is 2. The Hall–Kier alpha value is -2.68. The zero-order valence-electron chi connectivity index (χ0n) is 14.3. The minimum Gasteiger partial charge on any atom is -0.536 e. The van der Waals surface area contributed by atoms with Gasteiger partial charge in [0.1, 0.15) is 5.75 Å². The number of anilines is 2. The fourth-order valence-corrected chi connectivity index (χ4v) is 3.54. The summed E-state index contributed by atoms with van der Waals surface area (Å²) in [4.78, 5) is 2.30. The Kier molecular flexibility index (Phi) is 3.57. The lowest BCUT2D eigenvalue weighted by atomic mass is 9.67. The van der Waals surface area contributed by atoms with E-state index in [-0.39, 0.29) is 7.05 Å². The first-order chi connectivity index (χ1) is 11.7. The summed E-state index contributed by atoms with van der Waals surface area (Å²) in [6.07, 6.45) is 0. The summed E-state index contributed by atoms with van der Waals surface area (Å²) in [7, 11) is -0.135. The zero-order chi connectivity index (χ0) is 16.7. The van der Waals surface area contributed by atoms with E-state index in [4.69, 9.17) is 4.65 Å². The molecule has 3 heteroatoms. The number of nitrogens with zero attached hydrogens (tertiary/aromatic N) is 1. The van der Waals surface area contributed by atoms with Gasteiger partial charge in [0, 0.05) is 5.69 Å². The number of rotatable bonds is 2. The van der Waals surface area contributed by atoms with Crippen LogP contribution in [0.3, 0.4) is 0 Å².